The maximum absolute atomic E-state index is 8.10. The normalized spacial score (nSPS) is 9.36. The number of rotatable bonds is 2. The van der Waals surface area contributed by atoms with Crippen molar-refractivity contribution in [1.29, 1.82) is 5.26 Å². The molecule has 54 valence electrons. The van der Waals surface area contributed by atoms with Crippen LogP contribution in [-0.4, -0.2) is 6.21 Å². The van der Waals surface area contributed by atoms with Crippen LogP contribution in [0.5, 0.6) is 0 Å². The number of para-hydroxylation sites is 1. The van der Waals surface area contributed by atoms with Crippen LogP contribution in [0.1, 0.15) is 0 Å². The van der Waals surface area contributed by atoms with Crippen molar-refractivity contribution in [2.24, 2.45) is 5.10 Å². The van der Waals surface area contributed by atoms with Gasteiger partial charge >= 0.3 is 0 Å². The van der Waals surface area contributed by atoms with Gasteiger partial charge in [0, 0.05) is 0 Å². The van der Waals surface area contributed by atoms with Crippen LogP contribution in [0.4, 0.5) is 5.69 Å². The summed E-state index contributed by atoms with van der Waals surface area (Å²) in [6, 6.07) is 11.2. The van der Waals surface area contributed by atoms with Crippen LogP contribution in [0.2, 0.25) is 0 Å². The molecule has 0 aliphatic heterocycles. The molecule has 0 aromatic heterocycles. The highest BCUT2D eigenvalue weighted by Crippen LogP contribution is 2.03. The maximum atomic E-state index is 8.10. The second-order valence-electron chi connectivity index (χ2n) is 1.87. The van der Waals surface area contributed by atoms with Crippen LogP contribution in [-0.2, 0) is 0 Å². The Labute approximate surface area is 65.0 Å². The first kappa shape index (κ1) is 7.29. The summed E-state index contributed by atoms with van der Waals surface area (Å²) >= 11 is 0. The molecule has 0 atom stereocenters. The van der Waals surface area contributed by atoms with Crippen LogP contribution in [0, 0.1) is 11.3 Å². The molecule has 0 saturated carbocycles. The number of nitrogens with one attached hydrogen (secondary N) is 1. The van der Waals surface area contributed by atoms with E-state index in [0.29, 0.717) is 0 Å². The molecule has 0 fully saturated rings. The monoisotopic (exact) mass is 145 g/mol. The van der Waals surface area contributed by atoms with Crippen LogP contribution in [0.25, 0.3) is 0 Å². The highest BCUT2D eigenvalue weighted by molar-refractivity contribution is 5.75. The van der Waals surface area contributed by atoms with Gasteiger partial charge in [0.2, 0.25) is 0 Å². The third kappa shape index (κ3) is 2.50. The molecule has 1 aromatic carbocycles. The molecule has 0 aliphatic carbocycles. The number of benzene rings is 1. The molecule has 0 radical (unpaired) electrons. The largest absolute Gasteiger partial charge is 0.278 e. The van der Waals surface area contributed by atoms with Gasteiger partial charge < -0.3 is 0 Å². The van der Waals surface area contributed by atoms with E-state index in [1.165, 1.54) is 0 Å². The lowest BCUT2D eigenvalue weighted by Crippen LogP contribution is -1.86. The molecule has 11 heavy (non-hydrogen) atoms. The zero-order chi connectivity index (χ0) is 7.94. The number of hydrazone groups is 1. The summed E-state index contributed by atoms with van der Waals surface area (Å²) in [5.74, 6) is 0. The van der Waals surface area contributed by atoms with Gasteiger partial charge in [-0.05, 0) is 12.1 Å². The summed E-state index contributed by atoms with van der Waals surface area (Å²) < 4.78 is 0. The van der Waals surface area contributed by atoms with E-state index >= 15 is 0 Å². The summed E-state index contributed by atoms with van der Waals surface area (Å²) in [4.78, 5) is 0. The van der Waals surface area contributed by atoms with Crippen molar-refractivity contribution in [2.45, 2.75) is 0 Å². The van der Waals surface area contributed by atoms with Gasteiger partial charge in [-0.25, -0.2) is 0 Å². The minimum Gasteiger partial charge on any atom is -0.278 e. The molecule has 1 aromatic rings. The highest BCUT2D eigenvalue weighted by Gasteiger charge is 1.82. The quantitative estimate of drug-likeness (QED) is 0.507. The Morgan fingerprint density at radius 3 is 2.73 bits per heavy atom. The molecule has 3 heteroatoms. The second-order valence-corrected chi connectivity index (χ2v) is 1.87. The Hall–Kier alpha value is -1.82. The first-order valence-corrected chi connectivity index (χ1v) is 3.15. The van der Waals surface area contributed by atoms with Gasteiger partial charge in [-0.1, -0.05) is 18.2 Å². The Morgan fingerprint density at radius 1 is 1.36 bits per heavy atom. The first-order valence-electron chi connectivity index (χ1n) is 3.15. The molecule has 0 saturated heterocycles. The third-order valence-electron chi connectivity index (χ3n) is 1.09. The Balaban J connectivity index is 2.53. The average molecular weight is 145 g/mol. The van der Waals surface area contributed by atoms with E-state index in [2.05, 4.69) is 10.5 Å². The van der Waals surface area contributed by atoms with E-state index in [1.54, 1.807) is 6.07 Å². The van der Waals surface area contributed by atoms with Gasteiger partial charge in [0.15, 0.2) is 0 Å². The van der Waals surface area contributed by atoms with Crippen molar-refractivity contribution in [1.82, 2.24) is 0 Å². The lowest BCUT2D eigenvalue weighted by molar-refractivity contribution is 1.35. The first-order chi connectivity index (χ1) is 5.43. The SMILES string of the molecule is N#C/C=N\Nc1ccccc1. The Morgan fingerprint density at radius 2 is 2.09 bits per heavy atom. The topological polar surface area (TPSA) is 48.2 Å². The Bertz CT molecular complexity index is 271. The van der Waals surface area contributed by atoms with Crippen LogP contribution >= 0.6 is 0 Å². The van der Waals surface area contributed by atoms with Crippen LogP contribution < -0.4 is 5.43 Å². The molecule has 0 aliphatic rings. The summed E-state index contributed by atoms with van der Waals surface area (Å²) in [7, 11) is 0. The van der Waals surface area contributed by atoms with E-state index < -0.39 is 0 Å². The third-order valence-corrected chi connectivity index (χ3v) is 1.09. The van der Waals surface area contributed by atoms with E-state index in [4.69, 9.17) is 5.26 Å². The van der Waals surface area contributed by atoms with Gasteiger partial charge in [0.1, 0.15) is 12.3 Å². The molecule has 0 spiro atoms. The van der Waals surface area contributed by atoms with E-state index in [1.807, 2.05) is 30.3 Å². The van der Waals surface area contributed by atoms with Crippen molar-refractivity contribution < 1.29 is 0 Å². The Kier molecular flexibility index (Phi) is 2.70. The zero-order valence-corrected chi connectivity index (χ0v) is 5.86. The van der Waals surface area contributed by atoms with Crippen LogP contribution in [0.15, 0.2) is 35.4 Å². The zero-order valence-electron chi connectivity index (χ0n) is 5.86. The summed E-state index contributed by atoms with van der Waals surface area (Å²) in [5.41, 5.74) is 3.57. The minimum atomic E-state index is 0.874. The number of anilines is 1. The van der Waals surface area contributed by atoms with E-state index in [-0.39, 0.29) is 0 Å². The molecule has 0 amide bonds. The molecule has 0 unspecified atom stereocenters. The highest BCUT2D eigenvalue weighted by atomic mass is 15.3. The standard InChI is InChI=1S/C8H7N3/c9-6-7-10-11-8-4-2-1-3-5-8/h1-5,7,11H/b10-7-. The average Bonchev–Trinajstić information content (AvgIpc) is 2.07. The van der Waals surface area contributed by atoms with Crippen molar-refractivity contribution in [3.63, 3.8) is 0 Å². The summed E-state index contributed by atoms with van der Waals surface area (Å²) in [6.45, 7) is 0. The van der Waals surface area contributed by atoms with Crippen molar-refractivity contribution in [3.8, 4) is 6.07 Å². The number of hydrogen-bond donors (Lipinski definition) is 1. The van der Waals surface area contributed by atoms with Gasteiger partial charge in [0.25, 0.3) is 0 Å². The lowest BCUT2D eigenvalue weighted by atomic mass is 10.3. The number of nitriles is 1. The number of nitrogens with zero attached hydrogens (tertiary/aromatic N) is 2. The fraction of sp³-hybridized carbons (Fsp3) is 0. The van der Waals surface area contributed by atoms with Gasteiger partial charge in [-0.2, -0.15) is 10.4 Å². The fourth-order valence-corrected chi connectivity index (χ4v) is 0.648. The second kappa shape index (κ2) is 4.07. The molecule has 1 rings (SSSR count). The maximum Gasteiger partial charge on any atom is 0.124 e. The van der Waals surface area contributed by atoms with Crippen molar-refractivity contribution in [2.75, 3.05) is 5.43 Å². The van der Waals surface area contributed by atoms with E-state index in [0.717, 1.165) is 11.9 Å². The minimum absolute atomic E-state index is 0.874. The summed E-state index contributed by atoms with van der Waals surface area (Å²) in [5, 5.41) is 11.7. The van der Waals surface area contributed by atoms with Crippen molar-refractivity contribution >= 4 is 11.9 Å². The predicted molar refractivity (Wildman–Crippen MR) is 44.2 cm³/mol. The molecular weight excluding hydrogens is 138 g/mol. The van der Waals surface area contributed by atoms with Gasteiger partial charge in [0.05, 0.1) is 5.69 Å². The summed E-state index contributed by atoms with van der Waals surface area (Å²) in [6.07, 6.45) is 1.15. The molecule has 3 nitrogen and oxygen atoms in total. The predicted octanol–water partition coefficient (Wildman–Crippen LogP) is 1.61. The smallest absolute Gasteiger partial charge is 0.124 e. The molecule has 0 heterocycles. The van der Waals surface area contributed by atoms with Gasteiger partial charge in [-0.15, -0.1) is 0 Å². The lowest BCUT2D eigenvalue weighted by Gasteiger charge is -1.95. The van der Waals surface area contributed by atoms with Crippen molar-refractivity contribution in [3.05, 3.63) is 30.3 Å². The van der Waals surface area contributed by atoms with Crippen LogP contribution in [0.3, 0.4) is 0 Å². The van der Waals surface area contributed by atoms with Gasteiger partial charge in [-0.3, -0.25) is 5.43 Å². The molecular formula is C8H7N3. The van der Waals surface area contributed by atoms with E-state index in [9.17, 15) is 0 Å². The molecule has 0 bridgehead atoms. The molecule has 1 N–H and O–H groups in total. The fourth-order valence-electron chi connectivity index (χ4n) is 0.648. The number of hydrogen-bond acceptors (Lipinski definition) is 3.